The average molecular weight is 285 g/mol. The molecule has 0 aromatic heterocycles. The van der Waals surface area contributed by atoms with E-state index in [1.165, 1.54) is 37.7 Å². The lowest BCUT2D eigenvalue weighted by Gasteiger charge is -2.55. The second-order valence-corrected chi connectivity index (χ2v) is 7.71. The molecule has 0 radical (unpaired) electrons. The summed E-state index contributed by atoms with van der Waals surface area (Å²) >= 11 is 0. The van der Waals surface area contributed by atoms with Crippen LogP contribution >= 0.6 is 0 Å². The minimum absolute atomic E-state index is 0.295. The van der Waals surface area contributed by atoms with E-state index >= 15 is 0 Å². The summed E-state index contributed by atoms with van der Waals surface area (Å²) in [5.41, 5.74) is 1.22. The Morgan fingerprint density at radius 3 is 2.43 bits per heavy atom. The monoisotopic (exact) mass is 285 g/mol. The van der Waals surface area contributed by atoms with Crippen molar-refractivity contribution >= 4 is 0 Å². The Kier molecular flexibility index (Phi) is 2.58. The van der Waals surface area contributed by atoms with Gasteiger partial charge in [0.1, 0.15) is 18.1 Å². The van der Waals surface area contributed by atoms with Crippen LogP contribution in [-0.4, -0.2) is 17.8 Å². The first kappa shape index (κ1) is 12.3. The summed E-state index contributed by atoms with van der Waals surface area (Å²) in [6.07, 6.45) is 7.29. The van der Waals surface area contributed by atoms with Crippen LogP contribution in [0.3, 0.4) is 0 Å². The number of nitrogens with one attached hydrogen (secondary N) is 1. The first-order valence-electron chi connectivity index (χ1n) is 8.48. The van der Waals surface area contributed by atoms with Gasteiger partial charge in [0.2, 0.25) is 0 Å². The van der Waals surface area contributed by atoms with Crippen molar-refractivity contribution < 1.29 is 9.84 Å². The van der Waals surface area contributed by atoms with E-state index in [-0.39, 0.29) is 0 Å². The third-order valence-corrected chi connectivity index (χ3v) is 6.40. The quantitative estimate of drug-likeness (QED) is 0.876. The zero-order valence-electron chi connectivity index (χ0n) is 12.3. The third-order valence-electron chi connectivity index (χ3n) is 6.40. The topological polar surface area (TPSA) is 41.5 Å². The van der Waals surface area contributed by atoms with Crippen LogP contribution in [0.2, 0.25) is 0 Å². The second kappa shape index (κ2) is 4.39. The summed E-state index contributed by atoms with van der Waals surface area (Å²) in [4.78, 5) is 0. The molecular weight excluding hydrogens is 262 g/mol. The molecule has 4 aliphatic carbocycles. The molecule has 3 nitrogen and oxygen atoms in total. The lowest BCUT2D eigenvalue weighted by atomic mass is 9.54. The predicted molar refractivity (Wildman–Crippen MR) is 80.3 cm³/mol. The van der Waals surface area contributed by atoms with E-state index in [1.54, 1.807) is 12.1 Å². The molecule has 4 fully saturated rings. The van der Waals surface area contributed by atoms with E-state index in [9.17, 15) is 5.11 Å². The molecule has 112 valence electrons. The largest absolute Gasteiger partial charge is 0.508 e. The Hall–Kier alpha value is -1.22. The number of rotatable bonds is 2. The van der Waals surface area contributed by atoms with E-state index in [0.29, 0.717) is 24.4 Å². The molecule has 1 aliphatic heterocycles. The van der Waals surface area contributed by atoms with Crippen molar-refractivity contribution in [2.75, 3.05) is 6.61 Å². The maximum absolute atomic E-state index is 9.57. The lowest BCUT2D eigenvalue weighted by Crippen LogP contribution is -2.55. The fraction of sp³-hybridized carbons (Fsp3) is 0.667. The second-order valence-electron chi connectivity index (χ2n) is 7.71. The normalized spacial score (nSPS) is 42.9. The van der Waals surface area contributed by atoms with Gasteiger partial charge >= 0.3 is 0 Å². The highest BCUT2D eigenvalue weighted by Gasteiger charge is 2.48. The molecule has 21 heavy (non-hydrogen) atoms. The van der Waals surface area contributed by atoms with Crippen LogP contribution in [0, 0.1) is 23.7 Å². The Morgan fingerprint density at radius 1 is 1.00 bits per heavy atom. The van der Waals surface area contributed by atoms with E-state index in [4.69, 9.17) is 4.74 Å². The van der Waals surface area contributed by atoms with Crippen LogP contribution in [0.15, 0.2) is 18.2 Å². The fourth-order valence-electron chi connectivity index (χ4n) is 5.77. The van der Waals surface area contributed by atoms with Crippen LogP contribution in [0.25, 0.3) is 0 Å². The summed E-state index contributed by atoms with van der Waals surface area (Å²) in [6.45, 7) is 0.710. The van der Waals surface area contributed by atoms with Crippen LogP contribution in [0.4, 0.5) is 0 Å². The van der Waals surface area contributed by atoms with Gasteiger partial charge in [0, 0.05) is 17.7 Å². The lowest BCUT2D eigenvalue weighted by molar-refractivity contribution is -0.0185. The molecule has 2 N–H and O–H groups in total. The molecular formula is C18H23NO2. The van der Waals surface area contributed by atoms with Crippen LogP contribution in [0.1, 0.15) is 43.7 Å². The van der Waals surface area contributed by atoms with Gasteiger partial charge in [-0.15, -0.1) is 0 Å². The maximum atomic E-state index is 9.57. The smallest absolute Gasteiger partial charge is 0.127 e. The Morgan fingerprint density at radius 2 is 1.71 bits per heavy atom. The summed E-state index contributed by atoms with van der Waals surface area (Å²) in [6, 6.07) is 6.53. The first-order valence-corrected chi connectivity index (χ1v) is 8.48. The van der Waals surface area contributed by atoms with Gasteiger partial charge in [-0.3, -0.25) is 0 Å². The average Bonchev–Trinajstić information content (AvgIpc) is 2.84. The number of phenolic OH excluding ortho intramolecular Hbond substituents is 1. The number of ether oxygens (including phenoxy) is 1. The number of hydrogen-bond donors (Lipinski definition) is 2. The molecule has 0 saturated heterocycles. The van der Waals surface area contributed by atoms with Gasteiger partial charge in [-0.25, -0.2) is 0 Å². The molecule has 1 atom stereocenters. The van der Waals surface area contributed by atoms with Crippen molar-refractivity contribution in [3.05, 3.63) is 23.8 Å². The molecule has 3 heteroatoms. The maximum Gasteiger partial charge on any atom is 0.127 e. The number of benzene rings is 1. The summed E-state index contributed by atoms with van der Waals surface area (Å²) in [5, 5.41) is 13.5. The molecule has 1 aromatic rings. The standard InChI is InChI=1S/C18H23NO2/c20-14-1-2-15-16(9-21-17(15)8-14)19-18-12-4-10-3-11(6-12)7-13(18)5-10/h1-2,8,10-13,16,18-20H,3-7,9H2. The van der Waals surface area contributed by atoms with Crippen molar-refractivity contribution in [3.8, 4) is 11.5 Å². The highest BCUT2D eigenvalue weighted by atomic mass is 16.5. The first-order chi connectivity index (χ1) is 10.3. The van der Waals surface area contributed by atoms with Gasteiger partial charge in [-0.1, -0.05) is 0 Å². The van der Waals surface area contributed by atoms with Crippen LogP contribution in [0.5, 0.6) is 11.5 Å². The van der Waals surface area contributed by atoms with Gasteiger partial charge in [0.15, 0.2) is 0 Å². The molecule has 0 amide bonds. The number of phenols is 1. The number of fused-ring (bicyclic) bond motifs is 1. The molecule has 0 spiro atoms. The van der Waals surface area contributed by atoms with Gasteiger partial charge in [-0.05, 0) is 67.9 Å². The summed E-state index contributed by atoms with van der Waals surface area (Å²) in [7, 11) is 0. The summed E-state index contributed by atoms with van der Waals surface area (Å²) < 4.78 is 5.76. The Labute approximate surface area is 125 Å². The van der Waals surface area contributed by atoms with Crippen molar-refractivity contribution in [2.45, 2.75) is 44.2 Å². The minimum atomic E-state index is 0.295. The van der Waals surface area contributed by atoms with Crippen molar-refractivity contribution in [1.82, 2.24) is 5.32 Å². The highest BCUT2D eigenvalue weighted by Crippen LogP contribution is 2.54. The zero-order valence-corrected chi connectivity index (χ0v) is 12.3. The molecule has 4 bridgehead atoms. The van der Waals surface area contributed by atoms with Crippen molar-refractivity contribution in [1.29, 1.82) is 0 Å². The minimum Gasteiger partial charge on any atom is -0.508 e. The van der Waals surface area contributed by atoms with Crippen LogP contribution < -0.4 is 10.1 Å². The fourth-order valence-corrected chi connectivity index (χ4v) is 5.77. The summed E-state index contributed by atoms with van der Waals surface area (Å²) in [5.74, 6) is 4.98. The zero-order chi connectivity index (χ0) is 14.0. The van der Waals surface area contributed by atoms with Crippen molar-refractivity contribution in [2.24, 2.45) is 23.7 Å². The van der Waals surface area contributed by atoms with E-state index in [1.807, 2.05) is 6.07 Å². The number of hydrogen-bond acceptors (Lipinski definition) is 3. The van der Waals surface area contributed by atoms with E-state index in [0.717, 1.165) is 29.4 Å². The Bertz CT molecular complexity index is 542. The molecule has 1 aromatic carbocycles. The third kappa shape index (κ3) is 1.90. The molecule has 4 saturated carbocycles. The van der Waals surface area contributed by atoms with Crippen molar-refractivity contribution in [3.63, 3.8) is 0 Å². The van der Waals surface area contributed by atoms with Gasteiger partial charge in [0.25, 0.3) is 0 Å². The predicted octanol–water partition coefficient (Wildman–Crippen LogP) is 3.24. The highest BCUT2D eigenvalue weighted by molar-refractivity contribution is 5.44. The Balaban J connectivity index is 1.37. The molecule has 1 unspecified atom stereocenters. The van der Waals surface area contributed by atoms with Gasteiger partial charge in [-0.2, -0.15) is 0 Å². The SMILES string of the molecule is Oc1ccc2c(c1)OCC2NC1C2CC3CC(C2)CC1C3. The van der Waals surface area contributed by atoms with Crippen LogP contribution in [-0.2, 0) is 0 Å². The molecule has 5 aliphatic rings. The molecule has 1 heterocycles. The molecule has 6 rings (SSSR count). The van der Waals surface area contributed by atoms with E-state index < -0.39 is 0 Å². The van der Waals surface area contributed by atoms with Gasteiger partial charge < -0.3 is 15.2 Å². The van der Waals surface area contributed by atoms with Gasteiger partial charge in [0.05, 0.1) is 6.04 Å². The van der Waals surface area contributed by atoms with E-state index in [2.05, 4.69) is 5.32 Å². The number of aromatic hydroxyl groups is 1.